The molecule has 0 aliphatic rings. The van der Waals surface area contributed by atoms with Crippen molar-refractivity contribution < 1.29 is 13.6 Å². The molecule has 2 aromatic heterocycles. The zero-order valence-corrected chi connectivity index (χ0v) is 20.3. The van der Waals surface area contributed by atoms with Crippen molar-refractivity contribution in [2.24, 2.45) is 0 Å². The number of benzene rings is 2. The summed E-state index contributed by atoms with van der Waals surface area (Å²) in [5.41, 5.74) is 2.40. The summed E-state index contributed by atoms with van der Waals surface area (Å²) in [5.74, 6) is -0.778. The Balaban J connectivity index is 1.65. The monoisotopic (exact) mass is 504 g/mol. The number of pyridine rings is 1. The molecule has 37 heavy (non-hydrogen) atoms. The number of likely N-dealkylation sites (N-methyl/N-ethyl adjacent to an activating group) is 1. The van der Waals surface area contributed by atoms with E-state index in [0.717, 1.165) is 5.56 Å². The van der Waals surface area contributed by atoms with Crippen LogP contribution in [0.25, 0.3) is 11.4 Å². The lowest BCUT2D eigenvalue weighted by molar-refractivity contribution is -0.117. The zero-order chi connectivity index (χ0) is 26.4. The van der Waals surface area contributed by atoms with E-state index in [2.05, 4.69) is 25.9 Å². The van der Waals surface area contributed by atoms with Gasteiger partial charge in [-0.15, -0.1) is 0 Å². The van der Waals surface area contributed by atoms with Gasteiger partial charge in [0.25, 0.3) is 5.56 Å². The molecule has 0 bridgehead atoms. The summed E-state index contributed by atoms with van der Waals surface area (Å²) in [6, 6.07) is 13.1. The molecule has 0 fully saturated rings. The van der Waals surface area contributed by atoms with Gasteiger partial charge in [0, 0.05) is 24.5 Å². The average Bonchev–Trinajstić information content (AvgIpc) is 2.91. The molecule has 190 valence electrons. The first kappa shape index (κ1) is 25.6. The lowest BCUT2D eigenvalue weighted by atomic mass is 10.2. The van der Waals surface area contributed by atoms with Crippen molar-refractivity contribution in [3.63, 3.8) is 0 Å². The molecule has 0 saturated heterocycles. The molecule has 0 spiro atoms. The summed E-state index contributed by atoms with van der Waals surface area (Å²) in [4.78, 5) is 34.5. The van der Waals surface area contributed by atoms with Crippen molar-refractivity contribution in [2.75, 3.05) is 17.7 Å². The van der Waals surface area contributed by atoms with Crippen LogP contribution in [0.1, 0.15) is 18.1 Å². The van der Waals surface area contributed by atoms with E-state index in [0.29, 0.717) is 29.2 Å². The van der Waals surface area contributed by atoms with E-state index in [1.54, 1.807) is 38.5 Å². The number of anilines is 2. The Morgan fingerprint density at radius 3 is 2.32 bits per heavy atom. The Hall–Kier alpha value is -4.44. The summed E-state index contributed by atoms with van der Waals surface area (Å²) in [6.07, 6.45) is 4.57. The lowest BCUT2D eigenvalue weighted by Gasteiger charge is -2.16. The van der Waals surface area contributed by atoms with Gasteiger partial charge in [0.15, 0.2) is 0 Å². The molecule has 0 radical (unpaired) electrons. The Labute approximate surface area is 212 Å². The van der Waals surface area contributed by atoms with Crippen molar-refractivity contribution in [3.05, 3.63) is 106 Å². The molecule has 3 N–H and O–H groups in total. The molecule has 1 atom stereocenters. The normalized spacial score (nSPS) is 11.7. The van der Waals surface area contributed by atoms with E-state index in [1.807, 2.05) is 6.07 Å². The molecule has 4 rings (SSSR count). The fourth-order valence-electron chi connectivity index (χ4n) is 3.59. The summed E-state index contributed by atoms with van der Waals surface area (Å²) in [7, 11) is 1.64. The molecule has 0 unspecified atom stereocenters. The van der Waals surface area contributed by atoms with Gasteiger partial charge in [-0.1, -0.05) is 12.1 Å². The zero-order valence-electron chi connectivity index (χ0n) is 20.3. The van der Waals surface area contributed by atoms with Crippen LogP contribution in [0.15, 0.2) is 78.0 Å². The number of hydrogen-bond acceptors (Lipinski definition) is 6. The van der Waals surface area contributed by atoms with E-state index >= 15 is 0 Å². The van der Waals surface area contributed by atoms with Gasteiger partial charge in [0.1, 0.15) is 23.1 Å². The van der Waals surface area contributed by atoms with Gasteiger partial charge in [-0.25, -0.2) is 13.8 Å². The highest BCUT2D eigenvalue weighted by molar-refractivity contribution is 5.94. The smallest absolute Gasteiger partial charge is 0.277 e. The third kappa shape index (κ3) is 6.42. The van der Waals surface area contributed by atoms with Crippen molar-refractivity contribution in [2.45, 2.75) is 26.1 Å². The number of carbonyl (C=O) groups excluding carboxylic acids is 1. The number of nitrogens with one attached hydrogen (secondary N) is 3. The topological polar surface area (TPSA) is 101 Å². The van der Waals surface area contributed by atoms with Crippen molar-refractivity contribution in [3.8, 4) is 11.4 Å². The van der Waals surface area contributed by atoms with Crippen LogP contribution in [-0.2, 0) is 17.9 Å². The highest BCUT2D eigenvalue weighted by atomic mass is 19.1. The maximum atomic E-state index is 13.5. The number of carbonyl (C=O) groups is 1. The quantitative estimate of drug-likeness (QED) is 0.321. The van der Waals surface area contributed by atoms with Crippen LogP contribution in [0, 0.1) is 11.6 Å². The number of rotatable bonds is 9. The van der Waals surface area contributed by atoms with Gasteiger partial charge >= 0.3 is 0 Å². The number of amides is 1. The van der Waals surface area contributed by atoms with Gasteiger partial charge in [-0.2, -0.15) is 0 Å². The fraction of sp³-hybridized carbons (Fsp3) is 0.185. The van der Waals surface area contributed by atoms with Gasteiger partial charge in [0.05, 0.1) is 24.5 Å². The minimum absolute atomic E-state index is 0.0245. The minimum atomic E-state index is -0.516. The van der Waals surface area contributed by atoms with Crippen molar-refractivity contribution in [1.29, 1.82) is 0 Å². The molecule has 0 aliphatic heterocycles. The molecular formula is C27H26F2N6O2. The van der Waals surface area contributed by atoms with E-state index in [4.69, 9.17) is 0 Å². The van der Waals surface area contributed by atoms with Gasteiger partial charge in [0.2, 0.25) is 5.91 Å². The predicted molar refractivity (Wildman–Crippen MR) is 138 cm³/mol. The molecule has 10 heteroatoms. The molecule has 2 heterocycles. The van der Waals surface area contributed by atoms with E-state index in [-0.39, 0.29) is 24.0 Å². The highest BCUT2D eigenvalue weighted by Gasteiger charge is 2.17. The molecule has 2 aromatic carbocycles. The number of hydrogen-bond donors (Lipinski definition) is 3. The third-order valence-electron chi connectivity index (χ3n) is 5.78. The molecular weight excluding hydrogens is 478 g/mol. The van der Waals surface area contributed by atoms with Crippen LogP contribution >= 0.6 is 0 Å². The highest BCUT2D eigenvalue weighted by Crippen LogP contribution is 2.20. The van der Waals surface area contributed by atoms with E-state index in [1.165, 1.54) is 47.2 Å². The lowest BCUT2D eigenvalue weighted by Crippen LogP contribution is -2.38. The average molecular weight is 505 g/mol. The second kappa shape index (κ2) is 11.5. The van der Waals surface area contributed by atoms with Crippen LogP contribution < -0.4 is 21.5 Å². The summed E-state index contributed by atoms with van der Waals surface area (Å²) >= 11 is 0. The standard InChI is InChI=1S/C27H26F2N6O2/c1-17(30-2)26(36)34-24-15-33-25(20-5-9-22(29)10-6-20)35(27(24)37)16-19-11-23(14-31-12-19)32-13-18-3-7-21(28)8-4-18/h3-12,14-15,17,30,32H,13,16H2,1-2H3,(H,34,36)/t17-/m0/s1. The number of halogens is 2. The second-order valence-corrected chi connectivity index (χ2v) is 8.46. The van der Waals surface area contributed by atoms with E-state index < -0.39 is 17.4 Å². The van der Waals surface area contributed by atoms with Gasteiger partial charge in [-0.05, 0) is 67.6 Å². The molecule has 4 aromatic rings. The summed E-state index contributed by atoms with van der Waals surface area (Å²) in [6.45, 7) is 2.23. The Kier molecular flexibility index (Phi) is 7.99. The third-order valence-corrected chi connectivity index (χ3v) is 5.78. The first-order chi connectivity index (χ1) is 17.8. The molecule has 1 amide bonds. The van der Waals surface area contributed by atoms with Gasteiger partial charge in [-0.3, -0.25) is 19.1 Å². The Bertz CT molecular complexity index is 1440. The summed E-state index contributed by atoms with van der Waals surface area (Å²) < 4.78 is 28.1. The molecule has 0 saturated carbocycles. The van der Waals surface area contributed by atoms with Crippen LogP contribution in [0.5, 0.6) is 0 Å². The first-order valence-corrected chi connectivity index (χ1v) is 11.6. The van der Waals surface area contributed by atoms with Crippen LogP contribution in [0.3, 0.4) is 0 Å². The second-order valence-electron chi connectivity index (χ2n) is 8.46. The maximum absolute atomic E-state index is 13.5. The van der Waals surface area contributed by atoms with Crippen molar-refractivity contribution in [1.82, 2.24) is 19.9 Å². The minimum Gasteiger partial charge on any atom is -0.380 e. The molecule has 8 nitrogen and oxygen atoms in total. The first-order valence-electron chi connectivity index (χ1n) is 11.6. The number of nitrogens with zero attached hydrogens (tertiary/aromatic N) is 3. The molecule has 0 aliphatic carbocycles. The summed E-state index contributed by atoms with van der Waals surface area (Å²) in [5, 5.41) is 8.68. The van der Waals surface area contributed by atoms with E-state index in [9.17, 15) is 18.4 Å². The SMILES string of the molecule is CN[C@@H](C)C(=O)Nc1cnc(-c2ccc(F)cc2)n(Cc2cncc(NCc3ccc(F)cc3)c2)c1=O. The Morgan fingerprint density at radius 2 is 1.65 bits per heavy atom. The van der Waals surface area contributed by atoms with Crippen molar-refractivity contribution >= 4 is 17.3 Å². The number of aromatic nitrogens is 3. The van der Waals surface area contributed by atoms with Gasteiger partial charge < -0.3 is 16.0 Å². The van der Waals surface area contributed by atoms with Crippen LogP contribution in [0.4, 0.5) is 20.2 Å². The Morgan fingerprint density at radius 1 is 0.973 bits per heavy atom. The largest absolute Gasteiger partial charge is 0.380 e. The van der Waals surface area contributed by atoms with Crippen LogP contribution in [0.2, 0.25) is 0 Å². The maximum Gasteiger partial charge on any atom is 0.277 e. The fourth-order valence-corrected chi connectivity index (χ4v) is 3.59. The predicted octanol–water partition coefficient (Wildman–Crippen LogP) is 3.79. The van der Waals surface area contributed by atoms with Crippen LogP contribution in [-0.4, -0.2) is 33.5 Å².